The van der Waals surface area contributed by atoms with Crippen LogP contribution < -0.4 is 4.90 Å². The number of carbonyl (C=O) groups is 1. The number of aliphatic carboxylic acids is 1. The highest BCUT2D eigenvalue weighted by Gasteiger charge is 2.20. The van der Waals surface area contributed by atoms with Crippen molar-refractivity contribution in [1.82, 2.24) is 9.97 Å². The highest BCUT2D eigenvalue weighted by Crippen LogP contribution is 2.20. The fourth-order valence-electron chi connectivity index (χ4n) is 2.13. The molecular formula is C13H17N3O2. The van der Waals surface area contributed by atoms with Crippen LogP contribution in [0.15, 0.2) is 18.5 Å². The maximum atomic E-state index is 10.4. The minimum atomic E-state index is -0.969. The Balaban J connectivity index is 2.09. The number of anilines is 1. The molecule has 1 aromatic heterocycles. The lowest BCUT2D eigenvalue weighted by molar-refractivity contribution is -0.131. The number of rotatable bonds is 3. The number of carboxylic acid groups (broad SMARTS) is 1. The van der Waals surface area contributed by atoms with E-state index in [0.29, 0.717) is 11.6 Å². The predicted molar refractivity (Wildman–Crippen MR) is 69.4 cm³/mol. The van der Waals surface area contributed by atoms with E-state index in [1.165, 1.54) is 25.3 Å². The molecule has 0 saturated carbocycles. The van der Waals surface area contributed by atoms with E-state index in [9.17, 15) is 4.79 Å². The van der Waals surface area contributed by atoms with Crippen LogP contribution in [0.25, 0.3) is 6.08 Å². The molecule has 2 rings (SSSR count). The average Bonchev–Trinajstić information content (AvgIpc) is 2.38. The topological polar surface area (TPSA) is 66.3 Å². The molecule has 18 heavy (non-hydrogen) atoms. The summed E-state index contributed by atoms with van der Waals surface area (Å²) in [7, 11) is 0. The molecule has 0 amide bonds. The number of carboxylic acids is 1. The molecular weight excluding hydrogens is 230 g/mol. The van der Waals surface area contributed by atoms with E-state index in [1.807, 2.05) is 0 Å². The number of piperidine rings is 1. The lowest BCUT2D eigenvalue weighted by Crippen LogP contribution is -2.38. The van der Waals surface area contributed by atoms with Gasteiger partial charge in [-0.1, -0.05) is 0 Å². The molecule has 0 spiro atoms. The summed E-state index contributed by atoms with van der Waals surface area (Å²) in [4.78, 5) is 21.2. The van der Waals surface area contributed by atoms with Gasteiger partial charge in [0, 0.05) is 36.6 Å². The fraction of sp³-hybridized carbons (Fsp3) is 0.462. The third kappa shape index (κ3) is 3.06. The summed E-state index contributed by atoms with van der Waals surface area (Å²) >= 11 is 0. The van der Waals surface area contributed by atoms with Crippen molar-refractivity contribution in [3.63, 3.8) is 0 Å². The van der Waals surface area contributed by atoms with Gasteiger partial charge in [0.1, 0.15) is 0 Å². The zero-order chi connectivity index (χ0) is 13.0. The van der Waals surface area contributed by atoms with E-state index in [0.717, 1.165) is 18.6 Å². The first-order valence-electron chi connectivity index (χ1n) is 6.16. The monoisotopic (exact) mass is 247 g/mol. The Morgan fingerprint density at radius 1 is 1.44 bits per heavy atom. The Labute approximate surface area is 106 Å². The molecule has 1 aliphatic heterocycles. The highest BCUT2D eigenvalue weighted by atomic mass is 16.4. The summed E-state index contributed by atoms with van der Waals surface area (Å²) in [6, 6.07) is 0.471. The van der Waals surface area contributed by atoms with Crippen LogP contribution in [-0.2, 0) is 4.79 Å². The van der Waals surface area contributed by atoms with Crippen molar-refractivity contribution < 1.29 is 9.90 Å². The third-order valence-electron chi connectivity index (χ3n) is 3.14. The second kappa shape index (κ2) is 5.62. The molecule has 1 aliphatic rings. The molecule has 5 nitrogen and oxygen atoms in total. The quantitative estimate of drug-likeness (QED) is 0.827. The number of hydrogen-bond acceptors (Lipinski definition) is 4. The first-order chi connectivity index (χ1) is 8.66. The van der Waals surface area contributed by atoms with Crippen molar-refractivity contribution in [3.8, 4) is 0 Å². The minimum absolute atomic E-state index is 0.471. The maximum absolute atomic E-state index is 10.4. The van der Waals surface area contributed by atoms with Gasteiger partial charge in [-0.3, -0.25) is 0 Å². The van der Waals surface area contributed by atoms with E-state index in [4.69, 9.17) is 5.11 Å². The summed E-state index contributed by atoms with van der Waals surface area (Å²) in [5.41, 5.74) is 0.700. The van der Waals surface area contributed by atoms with Gasteiger partial charge >= 0.3 is 5.97 Å². The summed E-state index contributed by atoms with van der Waals surface area (Å²) in [6.07, 6.45) is 9.50. The fourth-order valence-corrected chi connectivity index (χ4v) is 2.13. The molecule has 1 atom stereocenters. The summed E-state index contributed by atoms with van der Waals surface area (Å²) in [5, 5.41) is 8.53. The van der Waals surface area contributed by atoms with Crippen LogP contribution in [-0.4, -0.2) is 33.6 Å². The van der Waals surface area contributed by atoms with E-state index in [-0.39, 0.29) is 0 Å². The van der Waals surface area contributed by atoms with Gasteiger partial charge in [-0.15, -0.1) is 0 Å². The first-order valence-corrected chi connectivity index (χ1v) is 6.16. The first kappa shape index (κ1) is 12.5. The molecule has 0 bridgehead atoms. The van der Waals surface area contributed by atoms with Crippen molar-refractivity contribution in [2.75, 3.05) is 11.4 Å². The molecule has 1 fully saturated rings. The van der Waals surface area contributed by atoms with Gasteiger partial charge in [0.25, 0.3) is 0 Å². The van der Waals surface area contributed by atoms with Gasteiger partial charge in [0.15, 0.2) is 0 Å². The number of hydrogen-bond donors (Lipinski definition) is 1. The van der Waals surface area contributed by atoms with E-state index >= 15 is 0 Å². The molecule has 5 heteroatoms. The number of aromatic nitrogens is 2. The van der Waals surface area contributed by atoms with Crippen LogP contribution in [0.2, 0.25) is 0 Å². The molecule has 0 unspecified atom stereocenters. The van der Waals surface area contributed by atoms with Crippen LogP contribution in [0.3, 0.4) is 0 Å². The summed E-state index contributed by atoms with van der Waals surface area (Å²) < 4.78 is 0. The molecule has 1 N–H and O–H groups in total. The van der Waals surface area contributed by atoms with E-state index in [1.54, 1.807) is 12.4 Å². The highest BCUT2D eigenvalue weighted by molar-refractivity contribution is 5.85. The van der Waals surface area contributed by atoms with Crippen molar-refractivity contribution >= 4 is 18.0 Å². The normalized spacial score (nSPS) is 20.3. The standard InChI is InChI=1S/C13H17N3O2/c1-10-4-2-3-7-16(10)13-14-8-11(9-15-13)5-6-12(17)18/h5-6,8-10H,2-4,7H2,1H3,(H,17,18)/b6-5+/t10-/m0/s1. The molecule has 96 valence electrons. The molecule has 0 aromatic carbocycles. The van der Waals surface area contributed by atoms with Crippen molar-refractivity contribution in [2.45, 2.75) is 32.2 Å². The predicted octanol–water partition coefficient (Wildman–Crippen LogP) is 1.95. The molecule has 1 saturated heterocycles. The van der Waals surface area contributed by atoms with E-state index < -0.39 is 5.97 Å². The Bertz CT molecular complexity index is 442. The zero-order valence-corrected chi connectivity index (χ0v) is 10.4. The molecule has 1 aromatic rings. The minimum Gasteiger partial charge on any atom is -0.478 e. The van der Waals surface area contributed by atoms with Gasteiger partial charge in [0.05, 0.1) is 0 Å². The zero-order valence-electron chi connectivity index (χ0n) is 10.4. The van der Waals surface area contributed by atoms with Crippen LogP contribution in [0.4, 0.5) is 5.95 Å². The Kier molecular flexibility index (Phi) is 3.92. The Hall–Kier alpha value is -1.91. The lowest BCUT2D eigenvalue weighted by Gasteiger charge is -2.33. The van der Waals surface area contributed by atoms with Crippen molar-refractivity contribution in [3.05, 3.63) is 24.0 Å². The Morgan fingerprint density at radius 3 is 2.78 bits per heavy atom. The molecule has 0 aliphatic carbocycles. The van der Waals surface area contributed by atoms with Crippen LogP contribution in [0.5, 0.6) is 0 Å². The van der Waals surface area contributed by atoms with Gasteiger partial charge < -0.3 is 10.0 Å². The third-order valence-corrected chi connectivity index (χ3v) is 3.14. The average molecular weight is 247 g/mol. The maximum Gasteiger partial charge on any atom is 0.328 e. The summed E-state index contributed by atoms with van der Waals surface area (Å²) in [6.45, 7) is 3.17. The van der Waals surface area contributed by atoms with Crippen LogP contribution in [0.1, 0.15) is 31.7 Å². The van der Waals surface area contributed by atoms with Crippen LogP contribution in [0, 0.1) is 0 Å². The van der Waals surface area contributed by atoms with Crippen LogP contribution >= 0.6 is 0 Å². The SMILES string of the molecule is C[C@H]1CCCCN1c1ncc(/C=C/C(=O)O)cn1. The van der Waals surface area contributed by atoms with E-state index in [2.05, 4.69) is 21.8 Å². The second-order valence-electron chi connectivity index (χ2n) is 4.53. The molecule has 0 radical (unpaired) electrons. The lowest BCUT2D eigenvalue weighted by atomic mass is 10.0. The second-order valence-corrected chi connectivity index (χ2v) is 4.53. The van der Waals surface area contributed by atoms with Crippen molar-refractivity contribution in [2.24, 2.45) is 0 Å². The van der Waals surface area contributed by atoms with Gasteiger partial charge in [-0.25, -0.2) is 14.8 Å². The number of nitrogens with zero attached hydrogens (tertiary/aromatic N) is 3. The smallest absolute Gasteiger partial charge is 0.328 e. The molecule has 2 heterocycles. The van der Waals surface area contributed by atoms with Crippen molar-refractivity contribution in [1.29, 1.82) is 0 Å². The Morgan fingerprint density at radius 2 is 2.17 bits per heavy atom. The summed E-state index contributed by atoms with van der Waals surface area (Å²) in [5.74, 6) is -0.238. The van der Waals surface area contributed by atoms with Gasteiger partial charge in [0.2, 0.25) is 5.95 Å². The largest absolute Gasteiger partial charge is 0.478 e. The van der Waals surface area contributed by atoms with Gasteiger partial charge in [-0.05, 0) is 32.3 Å². The van der Waals surface area contributed by atoms with Gasteiger partial charge in [-0.2, -0.15) is 0 Å².